The predicted octanol–water partition coefficient (Wildman–Crippen LogP) is 2.11. The van der Waals surface area contributed by atoms with Gasteiger partial charge in [0.2, 0.25) is 0 Å². The van der Waals surface area contributed by atoms with Crippen LogP contribution in [-0.2, 0) is 4.74 Å². The van der Waals surface area contributed by atoms with E-state index in [-0.39, 0.29) is 0 Å². The molecule has 4 unspecified atom stereocenters. The summed E-state index contributed by atoms with van der Waals surface area (Å²) in [4.78, 5) is 2.56. The summed E-state index contributed by atoms with van der Waals surface area (Å²) >= 11 is 0. The van der Waals surface area contributed by atoms with Crippen molar-refractivity contribution < 1.29 is 4.74 Å². The lowest BCUT2D eigenvalue weighted by molar-refractivity contribution is -0.0277. The Hall–Kier alpha value is -0.120. The molecule has 4 atom stereocenters. The van der Waals surface area contributed by atoms with E-state index in [1.807, 2.05) is 0 Å². The molecule has 2 aliphatic rings. The van der Waals surface area contributed by atoms with Crippen LogP contribution in [0.1, 0.15) is 40.0 Å². The van der Waals surface area contributed by atoms with Crippen molar-refractivity contribution in [2.24, 2.45) is 23.5 Å². The van der Waals surface area contributed by atoms with Gasteiger partial charge >= 0.3 is 0 Å². The van der Waals surface area contributed by atoms with Gasteiger partial charge in [-0.25, -0.2) is 0 Å². The van der Waals surface area contributed by atoms with Crippen molar-refractivity contribution in [3.63, 3.8) is 0 Å². The lowest BCUT2D eigenvalue weighted by Gasteiger charge is -2.40. The summed E-state index contributed by atoms with van der Waals surface area (Å²) in [5, 5.41) is 0. The SMILES string of the molecule is CC1CN(CC2CC(C(C)C)CCC2N)CCO1. The van der Waals surface area contributed by atoms with Gasteiger partial charge in [-0.15, -0.1) is 0 Å². The van der Waals surface area contributed by atoms with Crippen molar-refractivity contribution in [2.45, 2.75) is 52.2 Å². The van der Waals surface area contributed by atoms with Gasteiger partial charge in [0.25, 0.3) is 0 Å². The average molecular weight is 254 g/mol. The van der Waals surface area contributed by atoms with Gasteiger partial charge in [-0.3, -0.25) is 4.90 Å². The number of rotatable bonds is 3. The Morgan fingerprint density at radius 1 is 1.33 bits per heavy atom. The molecule has 1 aliphatic heterocycles. The van der Waals surface area contributed by atoms with E-state index in [4.69, 9.17) is 10.5 Å². The highest BCUT2D eigenvalue weighted by atomic mass is 16.5. The molecule has 3 nitrogen and oxygen atoms in total. The first-order chi connectivity index (χ1) is 8.56. The Bertz CT molecular complexity index is 257. The number of nitrogens with zero attached hydrogens (tertiary/aromatic N) is 1. The third-order valence-corrected chi connectivity index (χ3v) is 4.84. The van der Waals surface area contributed by atoms with Crippen LogP contribution in [0, 0.1) is 17.8 Å². The molecule has 1 saturated carbocycles. The minimum Gasteiger partial charge on any atom is -0.376 e. The Kier molecular flexibility index (Phi) is 5.05. The Labute approximate surface area is 112 Å². The summed E-state index contributed by atoms with van der Waals surface area (Å²) in [6, 6.07) is 0.415. The van der Waals surface area contributed by atoms with E-state index in [9.17, 15) is 0 Å². The number of ether oxygens (including phenoxy) is 1. The molecule has 2 N–H and O–H groups in total. The molecule has 0 aromatic rings. The van der Waals surface area contributed by atoms with Crippen LogP contribution < -0.4 is 5.73 Å². The quantitative estimate of drug-likeness (QED) is 0.838. The van der Waals surface area contributed by atoms with Crippen LogP contribution in [0.15, 0.2) is 0 Å². The molecule has 1 heterocycles. The highest BCUT2D eigenvalue weighted by molar-refractivity contribution is 4.86. The molecule has 106 valence electrons. The fraction of sp³-hybridized carbons (Fsp3) is 1.00. The normalized spacial score (nSPS) is 39.2. The van der Waals surface area contributed by atoms with Crippen molar-refractivity contribution in [3.05, 3.63) is 0 Å². The van der Waals surface area contributed by atoms with Crippen LogP contribution in [0.25, 0.3) is 0 Å². The molecule has 0 bridgehead atoms. The van der Waals surface area contributed by atoms with E-state index in [1.165, 1.54) is 25.8 Å². The van der Waals surface area contributed by atoms with Crippen molar-refractivity contribution in [2.75, 3.05) is 26.2 Å². The molecule has 18 heavy (non-hydrogen) atoms. The summed E-state index contributed by atoms with van der Waals surface area (Å²) in [5.41, 5.74) is 6.34. The molecule has 1 saturated heterocycles. The van der Waals surface area contributed by atoms with Gasteiger partial charge in [-0.1, -0.05) is 13.8 Å². The third kappa shape index (κ3) is 3.69. The molecular formula is C15H30N2O. The van der Waals surface area contributed by atoms with Crippen LogP contribution in [-0.4, -0.2) is 43.3 Å². The highest BCUT2D eigenvalue weighted by Gasteiger charge is 2.31. The van der Waals surface area contributed by atoms with Gasteiger partial charge in [-0.2, -0.15) is 0 Å². The minimum absolute atomic E-state index is 0.388. The molecule has 1 aliphatic carbocycles. The van der Waals surface area contributed by atoms with E-state index in [1.54, 1.807) is 0 Å². The lowest BCUT2D eigenvalue weighted by Crippen LogP contribution is -2.48. The van der Waals surface area contributed by atoms with Crippen LogP contribution >= 0.6 is 0 Å². The van der Waals surface area contributed by atoms with Crippen LogP contribution in [0.5, 0.6) is 0 Å². The fourth-order valence-corrected chi connectivity index (χ4v) is 3.53. The molecule has 2 fully saturated rings. The summed E-state index contributed by atoms with van der Waals surface area (Å²) < 4.78 is 5.61. The second-order valence-corrected chi connectivity index (χ2v) is 6.68. The van der Waals surface area contributed by atoms with Gasteiger partial charge in [0.15, 0.2) is 0 Å². The maximum absolute atomic E-state index is 6.34. The first-order valence-corrected chi connectivity index (χ1v) is 7.65. The molecule has 2 rings (SSSR count). The molecule has 0 amide bonds. The Balaban J connectivity index is 1.86. The molecule has 3 heteroatoms. The zero-order chi connectivity index (χ0) is 13.1. The van der Waals surface area contributed by atoms with E-state index >= 15 is 0 Å². The maximum Gasteiger partial charge on any atom is 0.0674 e. The van der Waals surface area contributed by atoms with E-state index in [0.717, 1.165) is 31.5 Å². The fourth-order valence-electron chi connectivity index (χ4n) is 3.53. The van der Waals surface area contributed by atoms with Gasteiger partial charge in [0.1, 0.15) is 0 Å². The third-order valence-electron chi connectivity index (χ3n) is 4.84. The first-order valence-electron chi connectivity index (χ1n) is 7.65. The minimum atomic E-state index is 0.388. The number of nitrogens with two attached hydrogens (primary N) is 1. The summed E-state index contributed by atoms with van der Waals surface area (Å²) in [5.74, 6) is 2.38. The maximum atomic E-state index is 6.34. The lowest BCUT2D eigenvalue weighted by atomic mass is 9.73. The molecule has 0 radical (unpaired) electrons. The molecule has 0 aromatic carbocycles. The summed E-state index contributed by atoms with van der Waals surface area (Å²) in [6.45, 7) is 11.1. The Morgan fingerprint density at radius 3 is 2.78 bits per heavy atom. The number of hydrogen-bond acceptors (Lipinski definition) is 3. The van der Waals surface area contributed by atoms with E-state index in [2.05, 4.69) is 25.7 Å². The van der Waals surface area contributed by atoms with Gasteiger partial charge in [0, 0.05) is 25.7 Å². The molecule has 0 spiro atoms. The second kappa shape index (κ2) is 6.36. The van der Waals surface area contributed by atoms with Crippen molar-refractivity contribution in [3.8, 4) is 0 Å². The topological polar surface area (TPSA) is 38.5 Å². The van der Waals surface area contributed by atoms with Crippen LogP contribution in [0.4, 0.5) is 0 Å². The zero-order valence-corrected chi connectivity index (χ0v) is 12.3. The second-order valence-electron chi connectivity index (χ2n) is 6.68. The van der Waals surface area contributed by atoms with Crippen LogP contribution in [0.2, 0.25) is 0 Å². The summed E-state index contributed by atoms with van der Waals surface area (Å²) in [6.07, 6.45) is 4.26. The summed E-state index contributed by atoms with van der Waals surface area (Å²) in [7, 11) is 0. The first kappa shape index (κ1) is 14.3. The monoisotopic (exact) mass is 254 g/mol. The number of morpholine rings is 1. The number of hydrogen-bond donors (Lipinski definition) is 1. The molecule has 0 aromatic heterocycles. The smallest absolute Gasteiger partial charge is 0.0674 e. The van der Waals surface area contributed by atoms with Crippen LogP contribution in [0.3, 0.4) is 0 Å². The predicted molar refractivity (Wildman–Crippen MR) is 75.5 cm³/mol. The van der Waals surface area contributed by atoms with E-state index in [0.29, 0.717) is 18.1 Å². The largest absolute Gasteiger partial charge is 0.376 e. The molecular weight excluding hydrogens is 224 g/mol. The van der Waals surface area contributed by atoms with Gasteiger partial charge < -0.3 is 10.5 Å². The van der Waals surface area contributed by atoms with Crippen molar-refractivity contribution in [1.82, 2.24) is 4.90 Å². The highest BCUT2D eigenvalue weighted by Crippen LogP contribution is 2.33. The van der Waals surface area contributed by atoms with E-state index < -0.39 is 0 Å². The van der Waals surface area contributed by atoms with Gasteiger partial charge in [-0.05, 0) is 43.9 Å². The van der Waals surface area contributed by atoms with Gasteiger partial charge in [0.05, 0.1) is 12.7 Å². The van der Waals surface area contributed by atoms with Crippen molar-refractivity contribution >= 4 is 0 Å². The zero-order valence-electron chi connectivity index (χ0n) is 12.3. The average Bonchev–Trinajstić information content (AvgIpc) is 2.31. The van der Waals surface area contributed by atoms with Crippen molar-refractivity contribution in [1.29, 1.82) is 0 Å². The Morgan fingerprint density at radius 2 is 2.11 bits per heavy atom. The standard InChI is InChI=1S/C15H30N2O/c1-11(2)13-4-5-15(16)14(8-13)10-17-6-7-18-12(3)9-17/h11-15H,4-10,16H2,1-3H3.